The van der Waals surface area contributed by atoms with Crippen molar-refractivity contribution < 1.29 is 4.79 Å². The summed E-state index contributed by atoms with van der Waals surface area (Å²) in [4.78, 5) is 12.9. The zero-order valence-electron chi connectivity index (χ0n) is 10.8. The van der Waals surface area contributed by atoms with Crippen LogP contribution in [-0.2, 0) is 0 Å². The number of amides is 2. The Morgan fingerprint density at radius 3 is 3.15 bits per heavy atom. The van der Waals surface area contributed by atoms with E-state index in [4.69, 9.17) is 0 Å². The Kier molecular flexibility index (Phi) is 4.24. The number of carbonyl (C=O) groups is 1. The lowest BCUT2D eigenvalue weighted by atomic mass is 10.1. The van der Waals surface area contributed by atoms with E-state index in [1.165, 1.54) is 11.3 Å². The van der Waals surface area contributed by atoms with Crippen LogP contribution in [0.25, 0.3) is 9.88 Å². The monoisotopic (exact) mass is 309 g/mol. The Balaban J connectivity index is 1.56. The topological polar surface area (TPSA) is 78.9 Å². The summed E-state index contributed by atoms with van der Waals surface area (Å²) in [7, 11) is 0. The van der Waals surface area contributed by atoms with Gasteiger partial charge in [-0.25, -0.2) is 4.79 Å². The van der Waals surface area contributed by atoms with Crippen LogP contribution >= 0.6 is 22.7 Å². The van der Waals surface area contributed by atoms with Crippen LogP contribution in [0.3, 0.4) is 0 Å². The van der Waals surface area contributed by atoms with Gasteiger partial charge in [0, 0.05) is 12.6 Å². The molecule has 3 rings (SSSR count). The number of hydrogen-bond donors (Lipinski definition) is 3. The van der Waals surface area contributed by atoms with Crippen LogP contribution in [0.1, 0.15) is 12.8 Å². The van der Waals surface area contributed by atoms with E-state index in [0.717, 1.165) is 35.8 Å². The highest BCUT2D eigenvalue weighted by atomic mass is 32.1. The molecule has 1 atom stereocenters. The van der Waals surface area contributed by atoms with E-state index in [2.05, 4.69) is 26.1 Å². The van der Waals surface area contributed by atoms with Gasteiger partial charge in [-0.1, -0.05) is 17.4 Å². The second-order valence-corrected chi connectivity index (χ2v) is 6.46. The zero-order chi connectivity index (χ0) is 13.8. The summed E-state index contributed by atoms with van der Waals surface area (Å²) in [6, 6.07) is 3.93. The lowest BCUT2D eigenvalue weighted by molar-refractivity contribution is 0.245. The number of urea groups is 1. The molecule has 0 aromatic carbocycles. The van der Waals surface area contributed by atoms with Crippen LogP contribution in [0.2, 0.25) is 0 Å². The van der Waals surface area contributed by atoms with Gasteiger partial charge >= 0.3 is 6.03 Å². The van der Waals surface area contributed by atoms with Crippen LogP contribution in [0, 0.1) is 0 Å². The van der Waals surface area contributed by atoms with E-state index in [1.54, 1.807) is 11.3 Å². The molecule has 2 aromatic rings. The first kappa shape index (κ1) is 13.5. The average Bonchev–Trinajstić information content (AvgIpc) is 3.10. The van der Waals surface area contributed by atoms with Crippen LogP contribution < -0.4 is 16.0 Å². The van der Waals surface area contributed by atoms with Gasteiger partial charge in [0.1, 0.15) is 0 Å². The van der Waals surface area contributed by atoms with Gasteiger partial charge in [0.25, 0.3) is 0 Å². The Labute approximate surface area is 124 Å². The summed E-state index contributed by atoms with van der Waals surface area (Å²) in [5, 5.41) is 20.4. The summed E-state index contributed by atoms with van der Waals surface area (Å²) < 4.78 is 0. The van der Waals surface area contributed by atoms with E-state index >= 15 is 0 Å². The summed E-state index contributed by atoms with van der Waals surface area (Å²) in [6.07, 6.45) is 2.10. The Hall–Kier alpha value is -1.51. The number of thiophene rings is 1. The van der Waals surface area contributed by atoms with Gasteiger partial charge in [0.05, 0.1) is 4.88 Å². The Morgan fingerprint density at radius 1 is 1.45 bits per heavy atom. The minimum Gasteiger partial charge on any atom is -0.334 e. The van der Waals surface area contributed by atoms with Crippen molar-refractivity contribution >= 4 is 33.8 Å². The molecule has 3 heterocycles. The molecule has 0 aliphatic carbocycles. The third-order valence-electron chi connectivity index (χ3n) is 3.01. The molecule has 3 N–H and O–H groups in total. The van der Waals surface area contributed by atoms with Crippen molar-refractivity contribution in [2.24, 2.45) is 0 Å². The number of anilines is 1. The van der Waals surface area contributed by atoms with E-state index in [1.807, 2.05) is 17.5 Å². The third kappa shape index (κ3) is 3.33. The average molecular weight is 309 g/mol. The number of nitrogens with one attached hydrogen (secondary N) is 3. The van der Waals surface area contributed by atoms with Gasteiger partial charge in [-0.05, 0) is 30.8 Å². The highest BCUT2D eigenvalue weighted by Gasteiger charge is 2.16. The molecule has 106 valence electrons. The predicted octanol–water partition coefficient (Wildman–Crippen LogP) is 2.14. The summed E-state index contributed by atoms with van der Waals surface area (Å²) in [5.41, 5.74) is 0. The van der Waals surface area contributed by atoms with E-state index in [9.17, 15) is 4.79 Å². The molecule has 0 unspecified atom stereocenters. The second-order valence-electron chi connectivity index (χ2n) is 4.53. The first-order valence-electron chi connectivity index (χ1n) is 6.47. The number of carbonyl (C=O) groups excluding carboxylic acids is 1. The van der Waals surface area contributed by atoms with Gasteiger partial charge in [-0.15, -0.1) is 21.5 Å². The van der Waals surface area contributed by atoms with Crippen LogP contribution in [0.4, 0.5) is 9.93 Å². The molecule has 0 radical (unpaired) electrons. The third-order valence-corrected chi connectivity index (χ3v) is 4.89. The van der Waals surface area contributed by atoms with Gasteiger partial charge in [-0.3, -0.25) is 5.32 Å². The lowest BCUT2D eigenvalue weighted by Crippen LogP contribution is -2.47. The fourth-order valence-corrected chi connectivity index (χ4v) is 3.60. The lowest BCUT2D eigenvalue weighted by Gasteiger charge is -2.23. The minimum absolute atomic E-state index is 0.188. The van der Waals surface area contributed by atoms with Crippen molar-refractivity contribution in [3.8, 4) is 9.88 Å². The maximum atomic E-state index is 11.9. The largest absolute Gasteiger partial charge is 0.334 e. The molecule has 1 saturated heterocycles. The number of hydrogen-bond acceptors (Lipinski definition) is 6. The molecule has 1 aliphatic heterocycles. The summed E-state index contributed by atoms with van der Waals surface area (Å²) in [5.74, 6) is 0. The van der Waals surface area contributed by atoms with Crippen molar-refractivity contribution in [3.05, 3.63) is 17.5 Å². The van der Waals surface area contributed by atoms with Crippen molar-refractivity contribution in [2.45, 2.75) is 18.9 Å². The molecule has 2 amide bonds. The highest BCUT2D eigenvalue weighted by Crippen LogP contribution is 2.29. The van der Waals surface area contributed by atoms with E-state index in [0.29, 0.717) is 5.13 Å². The van der Waals surface area contributed by atoms with E-state index in [-0.39, 0.29) is 12.1 Å². The Morgan fingerprint density at radius 2 is 2.40 bits per heavy atom. The molecule has 2 aromatic heterocycles. The molecule has 20 heavy (non-hydrogen) atoms. The molecule has 0 saturated carbocycles. The standard InChI is InChI=1S/C12H15N5OS2/c18-11(14-8-3-1-5-13-7-8)15-12-17-16-10(20-12)9-4-2-6-19-9/h2,4,6,8,13H,1,3,5,7H2,(H2,14,15,17,18)/t8-/m1/s1. The summed E-state index contributed by atoms with van der Waals surface area (Å²) in [6.45, 7) is 1.85. The molecule has 8 heteroatoms. The number of aromatic nitrogens is 2. The van der Waals surface area contributed by atoms with Crippen LogP contribution in [0.5, 0.6) is 0 Å². The molecule has 1 fully saturated rings. The molecular weight excluding hydrogens is 294 g/mol. The highest BCUT2D eigenvalue weighted by molar-refractivity contribution is 7.23. The van der Waals surface area contributed by atoms with Crippen LogP contribution in [-0.4, -0.2) is 35.4 Å². The first-order chi connectivity index (χ1) is 9.81. The maximum absolute atomic E-state index is 11.9. The smallest absolute Gasteiger partial charge is 0.321 e. The maximum Gasteiger partial charge on any atom is 0.321 e. The van der Waals surface area contributed by atoms with Crippen molar-refractivity contribution in [3.63, 3.8) is 0 Å². The number of nitrogens with zero attached hydrogens (tertiary/aromatic N) is 2. The predicted molar refractivity (Wildman–Crippen MR) is 81.3 cm³/mol. The first-order valence-corrected chi connectivity index (χ1v) is 8.16. The normalized spacial score (nSPS) is 18.7. The van der Waals surface area contributed by atoms with Crippen LogP contribution in [0.15, 0.2) is 17.5 Å². The van der Waals surface area contributed by atoms with Crippen molar-refractivity contribution in [1.29, 1.82) is 0 Å². The minimum atomic E-state index is -0.215. The fourth-order valence-electron chi connectivity index (χ4n) is 2.07. The fraction of sp³-hybridized carbons (Fsp3) is 0.417. The Bertz CT molecular complexity index is 562. The van der Waals surface area contributed by atoms with Gasteiger partial charge in [0.15, 0.2) is 5.01 Å². The molecule has 6 nitrogen and oxygen atoms in total. The number of piperidine rings is 1. The van der Waals surface area contributed by atoms with Gasteiger partial charge in [0.2, 0.25) is 5.13 Å². The zero-order valence-corrected chi connectivity index (χ0v) is 12.4. The number of rotatable bonds is 3. The van der Waals surface area contributed by atoms with Crippen molar-refractivity contribution in [1.82, 2.24) is 20.8 Å². The molecule has 1 aliphatic rings. The summed E-state index contributed by atoms with van der Waals surface area (Å²) >= 11 is 2.99. The van der Waals surface area contributed by atoms with E-state index < -0.39 is 0 Å². The quantitative estimate of drug-likeness (QED) is 0.811. The van der Waals surface area contributed by atoms with Crippen molar-refractivity contribution in [2.75, 3.05) is 18.4 Å². The molecule has 0 bridgehead atoms. The molecular formula is C12H15N5OS2. The second kappa shape index (κ2) is 6.29. The SMILES string of the molecule is O=C(Nc1nnc(-c2cccs2)s1)N[C@@H]1CCCNC1. The van der Waals surface area contributed by atoms with Gasteiger partial charge in [-0.2, -0.15) is 0 Å². The van der Waals surface area contributed by atoms with Gasteiger partial charge < -0.3 is 10.6 Å². The molecule has 0 spiro atoms.